The minimum Gasteiger partial charge on any atom is -0.444 e. The fourth-order valence-electron chi connectivity index (χ4n) is 2.08. The molecule has 0 bridgehead atoms. The fourth-order valence-corrected chi connectivity index (χ4v) is 2.08. The highest BCUT2D eigenvalue weighted by atomic mass is 16.6. The standard InChI is InChI=1S/C20H36N2O4/c1-9-13-21(17(23)25-19(3,4)5)15-11-12-16-22(14-10-2)18(24)26-20(6,7)8/h9-10H,1-2,11-16H2,3-8H3. The lowest BCUT2D eigenvalue weighted by Crippen LogP contribution is -2.39. The molecule has 0 heterocycles. The van der Waals surface area contributed by atoms with Crippen LogP contribution in [-0.4, -0.2) is 59.4 Å². The van der Waals surface area contributed by atoms with Crippen molar-refractivity contribution < 1.29 is 19.1 Å². The number of carbonyl (C=O) groups excluding carboxylic acids is 2. The Morgan fingerprint density at radius 1 is 0.769 bits per heavy atom. The summed E-state index contributed by atoms with van der Waals surface area (Å²) in [4.78, 5) is 27.6. The molecule has 0 saturated heterocycles. The highest BCUT2D eigenvalue weighted by molar-refractivity contribution is 5.68. The summed E-state index contributed by atoms with van der Waals surface area (Å²) in [5.74, 6) is 0. The third-order valence-corrected chi connectivity index (χ3v) is 3.11. The first kappa shape index (κ1) is 24.0. The molecule has 26 heavy (non-hydrogen) atoms. The molecule has 0 unspecified atom stereocenters. The number of amides is 2. The molecule has 0 spiro atoms. The second-order valence-corrected chi connectivity index (χ2v) is 8.14. The Hall–Kier alpha value is -1.98. The molecular formula is C20H36N2O4. The maximum Gasteiger partial charge on any atom is 0.410 e. The lowest BCUT2D eigenvalue weighted by atomic mass is 10.2. The maximum atomic E-state index is 12.2. The van der Waals surface area contributed by atoms with Gasteiger partial charge in [0.05, 0.1) is 0 Å². The van der Waals surface area contributed by atoms with Crippen LogP contribution in [0.3, 0.4) is 0 Å². The van der Waals surface area contributed by atoms with Gasteiger partial charge in [-0.25, -0.2) is 9.59 Å². The van der Waals surface area contributed by atoms with Gasteiger partial charge in [0.1, 0.15) is 11.2 Å². The molecule has 0 aromatic heterocycles. The minimum absolute atomic E-state index is 0.354. The number of carbonyl (C=O) groups is 2. The first-order valence-electron chi connectivity index (χ1n) is 9.07. The zero-order valence-corrected chi connectivity index (χ0v) is 17.3. The minimum atomic E-state index is -0.534. The first-order chi connectivity index (χ1) is 11.9. The SMILES string of the molecule is C=CCN(CCCCN(CC=C)C(=O)OC(C)(C)C)C(=O)OC(C)(C)C. The molecule has 0 aromatic carbocycles. The van der Waals surface area contributed by atoms with E-state index in [9.17, 15) is 9.59 Å². The lowest BCUT2D eigenvalue weighted by Gasteiger charge is -2.28. The Balaban J connectivity index is 4.54. The third kappa shape index (κ3) is 11.6. The Kier molecular flexibility index (Phi) is 10.1. The molecule has 0 radical (unpaired) electrons. The second kappa shape index (κ2) is 10.9. The molecule has 0 saturated carbocycles. The molecule has 0 aliphatic heterocycles. The van der Waals surface area contributed by atoms with Crippen LogP contribution in [-0.2, 0) is 9.47 Å². The number of nitrogens with zero attached hydrogens (tertiary/aromatic N) is 2. The topological polar surface area (TPSA) is 59.1 Å². The summed E-state index contributed by atoms with van der Waals surface area (Å²) in [5, 5.41) is 0. The smallest absolute Gasteiger partial charge is 0.410 e. The van der Waals surface area contributed by atoms with Crippen molar-refractivity contribution in [2.24, 2.45) is 0 Å². The van der Waals surface area contributed by atoms with Gasteiger partial charge in [-0.2, -0.15) is 0 Å². The Morgan fingerprint density at radius 2 is 1.08 bits per heavy atom. The van der Waals surface area contributed by atoms with E-state index in [1.165, 1.54) is 0 Å². The van der Waals surface area contributed by atoms with Crippen molar-refractivity contribution in [1.82, 2.24) is 9.80 Å². The molecule has 0 atom stereocenters. The molecule has 2 amide bonds. The highest BCUT2D eigenvalue weighted by Gasteiger charge is 2.22. The van der Waals surface area contributed by atoms with Gasteiger partial charge < -0.3 is 19.3 Å². The van der Waals surface area contributed by atoms with Crippen molar-refractivity contribution in [3.63, 3.8) is 0 Å². The van der Waals surface area contributed by atoms with E-state index in [-0.39, 0.29) is 12.2 Å². The van der Waals surface area contributed by atoms with E-state index in [0.717, 1.165) is 12.8 Å². The second-order valence-electron chi connectivity index (χ2n) is 8.14. The summed E-state index contributed by atoms with van der Waals surface area (Å²) in [6.45, 7) is 20.3. The zero-order chi connectivity index (χ0) is 20.4. The summed E-state index contributed by atoms with van der Waals surface area (Å²) in [5.41, 5.74) is -1.07. The van der Waals surface area contributed by atoms with Gasteiger partial charge in [0.2, 0.25) is 0 Å². The van der Waals surface area contributed by atoms with Gasteiger partial charge in [-0.05, 0) is 54.4 Å². The van der Waals surface area contributed by atoms with Crippen molar-refractivity contribution in [3.05, 3.63) is 25.3 Å². The number of hydrogen-bond donors (Lipinski definition) is 0. The van der Waals surface area contributed by atoms with Gasteiger partial charge in [-0.15, -0.1) is 13.2 Å². The normalized spacial score (nSPS) is 11.5. The average Bonchev–Trinajstić information content (AvgIpc) is 2.45. The van der Waals surface area contributed by atoms with E-state index < -0.39 is 11.2 Å². The Morgan fingerprint density at radius 3 is 1.31 bits per heavy atom. The van der Waals surface area contributed by atoms with Crippen LogP contribution in [0.25, 0.3) is 0 Å². The van der Waals surface area contributed by atoms with Crippen molar-refractivity contribution in [1.29, 1.82) is 0 Å². The van der Waals surface area contributed by atoms with Gasteiger partial charge in [-0.1, -0.05) is 12.2 Å². The van der Waals surface area contributed by atoms with Crippen LogP contribution in [0.5, 0.6) is 0 Å². The third-order valence-electron chi connectivity index (χ3n) is 3.11. The van der Waals surface area contributed by atoms with Crippen LogP contribution in [0.2, 0.25) is 0 Å². The molecule has 0 rings (SSSR count). The van der Waals surface area contributed by atoms with Crippen LogP contribution in [0.1, 0.15) is 54.4 Å². The number of unbranched alkanes of at least 4 members (excludes halogenated alkanes) is 1. The van der Waals surface area contributed by atoms with Crippen LogP contribution < -0.4 is 0 Å². The molecule has 0 N–H and O–H groups in total. The van der Waals surface area contributed by atoms with Gasteiger partial charge in [-0.3, -0.25) is 0 Å². The number of rotatable bonds is 9. The zero-order valence-electron chi connectivity index (χ0n) is 17.3. The van der Waals surface area contributed by atoms with E-state index in [2.05, 4.69) is 13.2 Å². The van der Waals surface area contributed by atoms with Crippen LogP contribution in [0, 0.1) is 0 Å². The molecule has 150 valence electrons. The average molecular weight is 369 g/mol. The molecule has 0 aliphatic rings. The molecule has 0 fully saturated rings. The molecular weight excluding hydrogens is 332 g/mol. The summed E-state index contributed by atoms with van der Waals surface area (Å²) in [7, 11) is 0. The largest absolute Gasteiger partial charge is 0.444 e. The van der Waals surface area contributed by atoms with Crippen LogP contribution >= 0.6 is 0 Å². The van der Waals surface area contributed by atoms with Gasteiger partial charge >= 0.3 is 12.2 Å². The van der Waals surface area contributed by atoms with E-state index in [4.69, 9.17) is 9.47 Å². The predicted molar refractivity (Wildman–Crippen MR) is 105 cm³/mol. The molecule has 6 heteroatoms. The van der Waals surface area contributed by atoms with E-state index in [0.29, 0.717) is 26.2 Å². The fraction of sp³-hybridized carbons (Fsp3) is 0.700. The summed E-state index contributed by atoms with van der Waals surface area (Å²) in [6.07, 6.45) is 4.12. The number of ether oxygens (including phenoxy) is 2. The van der Waals surface area contributed by atoms with E-state index in [1.54, 1.807) is 22.0 Å². The monoisotopic (exact) mass is 368 g/mol. The van der Waals surface area contributed by atoms with Crippen molar-refractivity contribution in [3.8, 4) is 0 Å². The summed E-state index contributed by atoms with van der Waals surface area (Å²) < 4.78 is 10.8. The predicted octanol–water partition coefficient (Wildman–Crippen LogP) is 4.61. The Bertz CT molecular complexity index is 431. The van der Waals surface area contributed by atoms with Crippen molar-refractivity contribution in [2.45, 2.75) is 65.6 Å². The molecule has 0 aromatic rings. The quantitative estimate of drug-likeness (QED) is 0.440. The van der Waals surface area contributed by atoms with Gasteiger partial charge in [0, 0.05) is 26.2 Å². The van der Waals surface area contributed by atoms with Crippen molar-refractivity contribution in [2.75, 3.05) is 26.2 Å². The van der Waals surface area contributed by atoms with Gasteiger partial charge in [0.15, 0.2) is 0 Å². The first-order valence-corrected chi connectivity index (χ1v) is 9.07. The maximum absolute atomic E-state index is 12.2. The highest BCUT2D eigenvalue weighted by Crippen LogP contribution is 2.12. The van der Waals surface area contributed by atoms with E-state index in [1.807, 2.05) is 41.5 Å². The van der Waals surface area contributed by atoms with Crippen LogP contribution in [0.4, 0.5) is 9.59 Å². The summed E-state index contributed by atoms with van der Waals surface area (Å²) >= 11 is 0. The summed E-state index contributed by atoms with van der Waals surface area (Å²) in [6, 6.07) is 0. The van der Waals surface area contributed by atoms with Crippen LogP contribution in [0.15, 0.2) is 25.3 Å². The molecule has 6 nitrogen and oxygen atoms in total. The lowest BCUT2D eigenvalue weighted by molar-refractivity contribution is 0.0234. The Labute approximate surface area is 158 Å². The van der Waals surface area contributed by atoms with Crippen molar-refractivity contribution >= 4 is 12.2 Å². The number of hydrogen-bond acceptors (Lipinski definition) is 4. The van der Waals surface area contributed by atoms with Gasteiger partial charge in [0.25, 0.3) is 0 Å². The van der Waals surface area contributed by atoms with E-state index >= 15 is 0 Å². The molecule has 0 aliphatic carbocycles.